The van der Waals surface area contributed by atoms with Gasteiger partial charge in [-0.25, -0.2) is 4.79 Å². The average Bonchev–Trinajstić information content (AvgIpc) is 3.28. The zero-order chi connectivity index (χ0) is 26.2. The first kappa shape index (κ1) is 26.9. The van der Waals surface area contributed by atoms with Crippen LogP contribution in [0.5, 0.6) is 0 Å². The Labute approximate surface area is 215 Å². The number of carbonyl (C=O) groups excluding carboxylic acids is 3. The largest absolute Gasteiger partial charge is 0.465 e. The number of thioether (sulfide) groups is 1. The van der Waals surface area contributed by atoms with Gasteiger partial charge in [-0.2, -0.15) is 0 Å². The Morgan fingerprint density at radius 1 is 1.06 bits per heavy atom. The Morgan fingerprint density at radius 3 is 2.42 bits per heavy atom. The molecule has 9 nitrogen and oxygen atoms in total. The number of esters is 1. The van der Waals surface area contributed by atoms with Gasteiger partial charge < -0.3 is 19.9 Å². The molecule has 36 heavy (non-hydrogen) atoms. The van der Waals surface area contributed by atoms with E-state index in [1.165, 1.54) is 18.9 Å². The lowest BCUT2D eigenvalue weighted by atomic mass is 10.0. The van der Waals surface area contributed by atoms with Crippen molar-refractivity contribution in [3.05, 3.63) is 71.0 Å². The molecule has 2 N–H and O–H groups in total. The second kappa shape index (κ2) is 12.3. The fourth-order valence-electron chi connectivity index (χ4n) is 3.56. The zero-order valence-electron chi connectivity index (χ0n) is 21.1. The van der Waals surface area contributed by atoms with E-state index >= 15 is 0 Å². The van der Waals surface area contributed by atoms with Crippen LogP contribution < -0.4 is 10.6 Å². The Balaban J connectivity index is 1.69. The summed E-state index contributed by atoms with van der Waals surface area (Å²) < 4.78 is 6.63. The molecule has 10 heteroatoms. The highest BCUT2D eigenvalue weighted by Crippen LogP contribution is 2.26. The summed E-state index contributed by atoms with van der Waals surface area (Å²) in [5.41, 5.74) is 2.52. The van der Waals surface area contributed by atoms with Crippen LogP contribution in [0.1, 0.15) is 58.9 Å². The molecule has 1 aromatic heterocycles. The number of benzene rings is 2. The Hall–Kier alpha value is -3.66. The fourth-order valence-corrected chi connectivity index (χ4v) is 4.37. The molecule has 0 aliphatic rings. The molecule has 0 bridgehead atoms. The smallest absolute Gasteiger partial charge is 0.337 e. The van der Waals surface area contributed by atoms with E-state index in [-0.39, 0.29) is 29.5 Å². The van der Waals surface area contributed by atoms with Crippen LogP contribution >= 0.6 is 11.8 Å². The average molecular weight is 510 g/mol. The summed E-state index contributed by atoms with van der Waals surface area (Å²) in [6, 6.07) is 13.6. The van der Waals surface area contributed by atoms with Crippen molar-refractivity contribution < 1.29 is 19.1 Å². The van der Waals surface area contributed by atoms with Crippen molar-refractivity contribution in [2.24, 2.45) is 5.92 Å². The Morgan fingerprint density at radius 2 is 1.78 bits per heavy atom. The van der Waals surface area contributed by atoms with Crippen molar-refractivity contribution >= 4 is 35.2 Å². The molecule has 1 atom stereocenters. The molecule has 190 valence electrons. The van der Waals surface area contributed by atoms with Crippen molar-refractivity contribution in [2.75, 3.05) is 18.2 Å². The molecule has 0 radical (unpaired) electrons. The number of aromatic nitrogens is 3. The van der Waals surface area contributed by atoms with Crippen molar-refractivity contribution in [1.82, 2.24) is 20.1 Å². The minimum Gasteiger partial charge on any atom is -0.465 e. The van der Waals surface area contributed by atoms with Crippen LogP contribution in [0, 0.1) is 12.8 Å². The lowest BCUT2D eigenvalue weighted by molar-refractivity contribution is -0.113. The van der Waals surface area contributed by atoms with Crippen LogP contribution in [0.2, 0.25) is 0 Å². The molecular weight excluding hydrogens is 478 g/mol. The molecule has 3 aromatic rings. The quantitative estimate of drug-likeness (QED) is 0.310. The maximum absolute atomic E-state index is 12.9. The third kappa shape index (κ3) is 6.72. The minimum absolute atomic E-state index is 0.0668. The summed E-state index contributed by atoms with van der Waals surface area (Å²) in [6.07, 6.45) is 0. The highest BCUT2D eigenvalue weighted by molar-refractivity contribution is 7.99. The maximum Gasteiger partial charge on any atom is 0.337 e. The molecule has 0 aliphatic heterocycles. The van der Waals surface area contributed by atoms with Crippen LogP contribution in [0.4, 0.5) is 5.69 Å². The summed E-state index contributed by atoms with van der Waals surface area (Å²) in [5.74, 6) is -0.0933. The van der Waals surface area contributed by atoms with E-state index in [1.807, 2.05) is 44.4 Å². The van der Waals surface area contributed by atoms with E-state index in [0.29, 0.717) is 34.3 Å². The number of carbonyl (C=O) groups is 3. The summed E-state index contributed by atoms with van der Waals surface area (Å²) in [4.78, 5) is 37.1. The normalized spacial score (nSPS) is 11.7. The Bertz CT molecular complexity index is 1220. The number of rotatable bonds is 10. The summed E-state index contributed by atoms with van der Waals surface area (Å²) >= 11 is 1.25. The lowest BCUT2D eigenvalue weighted by Gasteiger charge is -2.22. The predicted molar refractivity (Wildman–Crippen MR) is 139 cm³/mol. The molecular formula is C26H31N5O4S. The van der Waals surface area contributed by atoms with Gasteiger partial charge in [-0.1, -0.05) is 49.4 Å². The van der Waals surface area contributed by atoms with E-state index in [0.717, 1.165) is 5.56 Å². The van der Waals surface area contributed by atoms with E-state index in [9.17, 15) is 14.4 Å². The van der Waals surface area contributed by atoms with Crippen LogP contribution in [0.25, 0.3) is 0 Å². The molecule has 0 fully saturated rings. The van der Waals surface area contributed by atoms with Crippen LogP contribution in [0.3, 0.4) is 0 Å². The number of anilines is 1. The first-order chi connectivity index (χ1) is 17.2. The fraction of sp³-hybridized carbons (Fsp3) is 0.346. The second-order valence-corrected chi connectivity index (χ2v) is 9.50. The predicted octanol–water partition coefficient (Wildman–Crippen LogP) is 4.25. The topological polar surface area (TPSA) is 115 Å². The number of hydrogen-bond donors (Lipinski definition) is 2. The first-order valence-electron chi connectivity index (χ1n) is 11.6. The third-order valence-corrected chi connectivity index (χ3v) is 6.47. The number of methoxy groups -OCH3 is 1. The molecule has 0 unspecified atom stereocenters. The van der Waals surface area contributed by atoms with Gasteiger partial charge in [0.2, 0.25) is 5.91 Å². The molecule has 0 saturated heterocycles. The van der Waals surface area contributed by atoms with Crippen LogP contribution in [0.15, 0.2) is 53.7 Å². The van der Waals surface area contributed by atoms with E-state index in [1.54, 1.807) is 36.4 Å². The van der Waals surface area contributed by atoms with E-state index < -0.39 is 5.97 Å². The highest BCUT2D eigenvalue weighted by atomic mass is 32.2. The molecule has 2 aromatic carbocycles. The van der Waals surface area contributed by atoms with Gasteiger partial charge in [-0.3, -0.25) is 9.59 Å². The van der Waals surface area contributed by atoms with Gasteiger partial charge in [-0.05, 0) is 50.1 Å². The number of nitrogens with one attached hydrogen (secondary N) is 2. The highest BCUT2D eigenvalue weighted by Gasteiger charge is 2.26. The molecule has 0 saturated carbocycles. The van der Waals surface area contributed by atoms with Gasteiger partial charge in [0, 0.05) is 17.8 Å². The molecule has 0 spiro atoms. The number of nitrogens with zero attached hydrogens (tertiary/aromatic N) is 3. The molecule has 3 rings (SSSR count). The standard InChI is InChI=1S/C26H31N5O4S/c1-6-31-23(22(16(2)3)28-24(33)18-12-10-17(4)11-13-18)29-30-26(31)36-15-21(32)27-20-9-7-8-19(14-20)25(34)35-5/h7-14,16,22H,6,15H2,1-5H3,(H,27,32)(H,28,33)/t22-/m1/s1. The summed E-state index contributed by atoms with van der Waals surface area (Å²) in [7, 11) is 1.31. The van der Waals surface area contributed by atoms with Crippen LogP contribution in [-0.4, -0.2) is 45.4 Å². The summed E-state index contributed by atoms with van der Waals surface area (Å²) in [6.45, 7) is 8.54. The van der Waals surface area contributed by atoms with E-state index in [4.69, 9.17) is 4.74 Å². The van der Waals surface area contributed by atoms with Crippen LogP contribution in [-0.2, 0) is 16.1 Å². The number of hydrogen-bond acceptors (Lipinski definition) is 7. The van der Waals surface area contributed by atoms with Crippen molar-refractivity contribution in [3.63, 3.8) is 0 Å². The second-order valence-electron chi connectivity index (χ2n) is 8.56. The zero-order valence-corrected chi connectivity index (χ0v) is 21.9. The van der Waals surface area contributed by atoms with Crippen molar-refractivity contribution in [1.29, 1.82) is 0 Å². The first-order valence-corrected chi connectivity index (χ1v) is 12.6. The number of ether oxygens (including phenoxy) is 1. The van der Waals surface area contributed by atoms with Crippen molar-refractivity contribution in [2.45, 2.75) is 45.4 Å². The van der Waals surface area contributed by atoms with Gasteiger partial charge >= 0.3 is 5.97 Å². The monoisotopic (exact) mass is 509 g/mol. The number of amides is 2. The molecule has 2 amide bonds. The van der Waals surface area contributed by atoms with Gasteiger partial charge in [-0.15, -0.1) is 10.2 Å². The minimum atomic E-state index is -0.474. The van der Waals surface area contributed by atoms with Gasteiger partial charge in [0.05, 0.1) is 24.5 Å². The molecule has 1 heterocycles. The summed E-state index contributed by atoms with van der Waals surface area (Å²) in [5, 5.41) is 15.1. The Kier molecular flexibility index (Phi) is 9.24. The molecule has 0 aliphatic carbocycles. The van der Waals surface area contributed by atoms with Gasteiger partial charge in [0.15, 0.2) is 11.0 Å². The van der Waals surface area contributed by atoms with E-state index in [2.05, 4.69) is 20.8 Å². The van der Waals surface area contributed by atoms with Crippen molar-refractivity contribution in [3.8, 4) is 0 Å². The third-order valence-electron chi connectivity index (χ3n) is 5.51. The maximum atomic E-state index is 12.9. The van der Waals surface area contributed by atoms with Gasteiger partial charge in [0.1, 0.15) is 0 Å². The lowest BCUT2D eigenvalue weighted by Crippen LogP contribution is -2.33. The van der Waals surface area contributed by atoms with Gasteiger partial charge in [0.25, 0.3) is 5.91 Å². The SMILES string of the molecule is CCn1c(SCC(=O)Nc2cccc(C(=O)OC)c2)nnc1[C@H](NC(=O)c1ccc(C)cc1)C(C)C. The number of aryl methyl sites for hydroxylation is 1.